The van der Waals surface area contributed by atoms with Crippen LogP contribution in [0, 0.1) is 0 Å². The summed E-state index contributed by atoms with van der Waals surface area (Å²) in [5.74, 6) is 3.12. The van der Waals surface area contributed by atoms with Gasteiger partial charge in [0, 0.05) is 37.7 Å². The van der Waals surface area contributed by atoms with Gasteiger partial charge in [-0.2, -0.15) is 0 Å². The Hall–Kier alpha value is -1.36. The number of nitrogens with zero attached hydrogens (tertiary/aromatic N) is 4. The van der Waals surface area contributed by atoms with Gasteiger partial charge in [-0.3, -0.25) is 4.90 Å². The highest BCUT2D eigenvalue weighted by Gasteiger charge is 2.29. The van der Waals surface area contributed by atoms with Crippen LogP contribution in [0.25, 0.3) is 0 Å². The Labute approximate surface area is 114 Å². The zero-order valence-electron chi connectivity index (χ0n) is 11.8. The number of rotatable bonds is 3. The average Bonchev–Trinajstić information content (AvgIpc) is 3.23. The van der Waals surface area contributed by atoms with Crippen LogP contribution in [-0.4, -0.2) is 47.6 Å². The van der Waals surface area contributed by atoms with Crippen molar-refractivity contribution in [1.29, 1.82) is 0 Å². The van der Waals surface area contributed by atoms with Crippen LogP contribution in [0.15, 0.2) is 6.07 Å². The summed E-state index contributed by atoms with van der Waals surface area (Å²) in [6.07, 6.45) is 3.59. The lowest BCUT2D eigenvalue weighted by atomic mass is 10.1. The molecule has 1 aliphatic heterocycles. The number of nitrogens with two attached hydrogens (primary N) is 1. The van der Waals surface area contributed by atoms with Gasteiger partial charge in [0.25, 0.3) is 0 Å². The Balaban J connectivity index is 1.81. The van der Waals surface area contributed by atoms with Gasteiger partial charge in [0.2, 0.25) is 0 Å². The molecule has 3 rings (SSSR count). The molecule has 2 N–H and O–H groups in total. The Morgan fingerprint density at radius 3 is 2.79 bits per heavy atom. The molecule has 0 bridgehead atoms. The van der Waals surface area contributed by atoms with E-state index in [0.717, 1.165) is 31.3 Å². The second kappa shape index (κ2) is 4.96. The van der Waals surface area contributed by atoms with Gasteiger partial charge in [0.15, 0.2) is 0 Å². The Bertz CT molecular complexity index is 457. The third kappa shape index (κ3) is 2.66. The van der Waals surface area contributed by atoms with E-state index in [0.29, 0.717) is 17.8 Å². The lowest BCUT2D eigenvalue weighted by Crippen LogP contribution is -2.51. The second-order valence-corrected chi connectivity index (χ2v) is 5.77. The number of nitrogen functional groups attached to an aromatic ring is 1. The number of hydrogen-bond donors (Lipinski definition) is 1. The highest BCUT2D eigenvalue weighted by molar-refractivity contribution is 5.48. The SMILES string of the molecule is CCC1CN(c2cc(N)nc(C3CC3)n2)CCN1C. The van der Waals surface area contributed by atoms with E-state index in [4.69, 9.17) is 10.7 Å². The highest BCUT2D eigenvalue weighted by atomic mass is 15.3. The fourth-order valence-electron chi connectivity index (χ4n) is 2.75. The van der Waals surface area contributed by atoms with Crippen LogP contribution in [-0.2, 0) is 0 Å². The molecule has 2 fully saturated rings. The molecule has 2 aliphatic rings. The zero-order chi connectivity index (χ0) is 13.4. The fourth-order valence-corrected chi connectivity index (χ4v) is 2.75. The molecule has 0 amide bonds. The lowest BCUT2D eigenvalue weighted by molar-refractivity contribution is 0.213. The van der Waals surface area contributed by atoms with Gasteiger partial charge < -0.3 is 10.6 Å². The van der Waals surface area contributed by atoms with Crippen LogP contribution in [0.2, 0.25) is 0 Å². The summed E-state index contributed by atoms with van der Waals surface area (Å²) in [6, 6.07) is 2.53. The summed E-state index contributed by atoms with van der Waals surface area (Å²) in [5.41, 5.74) is 5.94. The van der Waals surface area contributed by atoms with Crippen molar-refractivity contribution in [3.63, 3.8) is 0 Å². The first-order chi connectivity index (χ1) is 9.17. The van der Waals surface area contributed by atoms with E-state index in [1.165, 1.54) is 19.3 Å². The van der Waals surface area contributed by atoms with Crippen molar-refractivity contribution in [2.75, 3.05) is 37.3 Å². The summed E-state index contributed by atoms with van der Waals surface area (Å²) < 4.78 is 0. The van der Waals surface area contributed by atoms with Gasteiger partial charge in [0.05, 0.1) is 0 Å². The maximum Gasteiger partial charge on any atom is 0.136 e. The number of anilines is 2. The van der Waals surface area contributed by atoms with Crippen LogP contribution in [0.4, 0.5) is 11.6 Å². The largest absolute Gasteiger partial charge is 0.384 e. The van der Waals surface area contributed by atoms with Crippen LogP contribution in [0.1, 0.15) is 37.9 Å². The molecular weight excluding hydrogens is 238 g/mol. The molecular formula is C14H23N5. The molecule has 1 aromatic heterocycles. The van der Waals surface area contributed by atoms with Gasteiger partial charge in [-0.15, -0.1) is 0 Å². The van der Waals surface area contributed by atoms with Gasteiger partial charge in [-0.25, -0.2) is 9.97 Å². The molecule has 0 aromatic carbocycles. The second-order valence-electron chi connectivity index (χ2n) is 5.77. The van der Waals surface area contributed by atoms with E-state index in [9.17, 15) is 0 Å². The third-order valence-corrected chi connectivity index (χ3v) is 4.26. The van der Waals surface area contributed by atoms with Crippen LogP contribution < -0.4 is 10.6 Å². The number of hydrogen-bond acceptors (Lipinski definition) is 5. The van der Waals surface area contributed by atoms with Crippen molar-refractivity contribution in [3.8, 4) is 0 Å². The smallest absolute Gasteiger partial charge is 0.136 e. The Kier molecular flexibility index (Phi) is 3.31. The molecule has 1 atom stereocenters. The molecule has 5 nitrogen and oxygen atoms in total. The first-order valence-electron chi connectivity index (χ1n) is 7.27. The standard InChI is InChI=1S/C14H23N5/c1-3-11-9-19(7-6-18(11)2)13-8-12(15)16-14(17-13)10-4-5-10/h8,10-11H,3-7,9H2,1-2H3,(H2,15,16,17). The molecule has 1 saturated heterocycles. The van der Waals surface area contributed by atoms with E-state index in [2.05, 4.69) is 28.8 Å². The monoisotopic (exact) mass is 261 g/mol. The molecule has 0 radical (unpaired) electrons. The van der Waals surface area contributed by atoms with Crippen molar-refractivity contribution in [2.45, 2.75) is 38.1 Å². The lowest BCUT2D eigenvalue weighted by Gasteiger charge is -2.39. The summed E-state index contributed by atoms with van der Waals surface area (Å²) in [5, 5.41) is 0. The van der Waals surface area contributed by atoms with Gasteiger partial charge in [0.1, 0.15) is 17.5 Å². The maximum absolute atomic E-state index is 5.94. The van der Waals surface area contributed by atoms with Crippen LogP contribution in [0.5, 0.6) is 0 Å². The molecule has 1 unspecified atom stereocenters. The summed E-state index contributed by atoms with van der Waals surface area (Å²) in [7, 11) is 2.20. The van der Waals surface area contributed by atoms with Crippen molar-refractivity contribution in [1.82, 2.24) is 14.9 Å². The third-order valence-electron chi connectivity index (χ3n) is 4.26. The van der Waals surface area contributed by atoms with Crippen molar-refractivity contribution in [2.24, 2.45) is 0 Å². The van der Waals surface area contributed by atoms with E-state index in [1.807, 2.05) is 6.07 Å². The number of likely N-dealkylation sites (N-methyl/N-ethyl adjacent to an activating group) is 1. The van der Waals surface area contributed by atoms with Crippen molar-refractivity contribution in [3.05, 3.63) is 11.9 Å². The minimum Gasteiger partial charge on any atom is -0.384 e. The normalized spacial score (nSPS) is 24.7. The maximum atomic E-state index is 5.94. The predicted molar refractivity (Wildman–Crippen MR) is 77.3 cm³/mol. The Morgan fingerprint density at radius 1 is 1.32 bits per heavy atom. The van der Waals surface area contributed by atoms with Gasteiger partial charge in [-0.1, -0.05) is 6.92 Å². The van der Waals surface area contributed by atoms with Crippen molar-refractivity contribution >= 4 is 11.6 Å². The average molecular weight is 261 g/mol. The number of aromatic nitrogens is 2. The summed E-state index contributed by atoms with van der Waals surface area (Å²) in [4.78, 5) is 13.9. The zero-order valence-corrected chi connectivity index (χ0v) is 11.8. The molecule has 5 heteroatoms. The fraction of sp³-hybridized carbons (Fsp3) is 0.714. The Morgan fingerprint density at radius 2 is 2.11 bits per heavy atom. The topological polar surface area (TPSA) is 58.3 Å². The van der Waals surface area contributed by atoms with E-state index in [1.54, 1.807) is 0 Å². The van der Waals surface area contributed by atoms with Gasteiger partial charge in [-0.05, 0) is 26.3 Å². The molecule has 104 valence electrons. The first kappa shape index (κ1) is 12.7. The van der Waals surface area contributed by atoms with E-state index in [-0.39, 0.29) is 0 Å². The van der Waals surface area contributed by atoms with Crippen LogP contribution >= 0.6 is 0 Å². The van der Waals surface area contributed by atoms with Crippen LogP contribution in [0.3, 0.4) is 0 Å². The minimum atomic E-state index is 0.552. The molecule has 0 spiro atoms. The predicted octanol–water partition coefficient (Wildman–Crippen LogP) is 1.47. The van der Waals surface area contributed by atoms with E-state index < -0.39 is 0 Å². The molecule has 1 aliphatic carbocycles. The minimum absolute atomic E-state index is 0.552. The molecule has 1 saturated carbocycles. The molecule has 19 heavy (non-hydrogen) atoms. The summed E-state index contributed by atoms with van der Waals surface area (Å²) in [6.45, 7) is 5.39. The quantitative estimate of drug-likeness (QED) is 0.893. The molecule has 1 aromatic rings. The highest BCUT2D eigenvalue weighted by Crippen LogP contribution is 2.39. The number of piperazine rings is 1. The van der Waals surface area contributed by atoms with E-state index >= 15 is 0 Å². The van der Waals surface area contributed by atoms with Crippen molar-refractivity contribution < 1.29 is 0 Å². The van der Waals surface area contributed by atoms with Gasteiger partial charge >= 0.3 is 0 Å². The molecule has 2 heterocycles. The first-order valence-corrected chi connectivity index (χ1v) is 7.27. The summed E-state index contributed by atoms with van der Waals surface area (Å²) >= 11 is 0.